The first-order valence-electron chi connectivity index (χ1n) is 9.62. The van der Waals surface area contributed by atoms with Gasteiger partial charge in [0.05, 0.1) is 20.3 Å². The number of fused-ring (bicyclic) bond motifs is 1. The van der Waals surface area contributed by atoms with Gasteiger partial charge in [0.2, 0.25) is 0 Å². The topological polar surface area (TPSA) is 80.3 Å². The molecule has 0 bridgehead atoms. The quantitative estimate of drug-likeness (QED) is 0.483. The van der Waals surface area contributed by atoms with Crippen molar-refractivity contribution in [3.63, 3.8) is 0 Å². The molecule has 2 aromatic rings. The van der Waals surface area contributed by atoms with Crippen molar-refractivity contribution in [1.29, 1.82) is 0 Å². The number of hydrogen-bond donors (Lipinski definition) is 0. The van der Waals surface area contributed by atoms with Gasteiger partial charge in [0.1, 0.15) is 0 Å². The van der Waals surface area contributed by atoms with E-state index in [-0.39, 0.29) is 19.0 Å². The van der Waals surface area contributed by atoms with Crippen molar-refractivity contribution >= 4 is 17.8 Å². The highest BCUT2D eigenvalue weighted by Crippen LogP contribution is 2.31. The molecule has 0 fully saturated rings. The van der Waals surface area contributed by atoms with Crippen LogP contribution in [0.2, 0.25) is 0 Å². The summed E-state index contributed by atoms with van der Waals surface area (Å²) in [5.74, 6) is 1.04. The summed E-state index contributed by atoms with van der Waals surface area (Å²) < 4.78 is 26.9. The Balaban J connectivity index is 1.52. The van der Waals surface area contributed by atoms with Crippen molar-refractivity contribution < 1.29 is 33.3 Å². The van der Waals surface area contributed by atoms with Crippen LogP contribution in [0.4, 0.5) is 0 Å². The standard InChI is InChI=1S/C23H24O7/c1-3-5-16-6-8-19(21(12-16)26-2)29-15-23(25)30-14-18(24)17-7-9-20-22(13-17)28-11-4-10-27-20/h3,5-9,12-13H,4,10-11,14-15H2,1-2H3. The van der Waals surface area contributed by atoms with Crippen LogP contribution in [0.25, 0.3) is 6.08 Å². The molecule has 0 saturated carbocycles. The van der Waals surface area contributed by atoms with Gasteiger partial charge in [0.25, 0.3) is 0 Å². The molecule has 0 aromatic heterocycles. The fraction of sp³-hybridized carbons (Fsp3) is 0.304. The summed E-state index contributed by atoms with van der Waals surface area (Å²) in [5, 5.41) is 0. The van der Waals surface area contributed by atoms with Crippen molar-refractivity contribution in [3.8, 4) is 23.0 Å². The van der Waals surface area contributed by atoms with Gasteiger partial charge in [0, 0.05) is 12.0 Å². The number of carbonyl (C=O) groups excluding carboxylic acids is 2. The van der Waals surface area contributed by atoms with Gasteiger partial charge in [0.15, 0.2) is 42.0 Å². The van der Waals surface area contributed by atoms with Crippen LogP contribution in [0.15, 0.2) is 42.5 Å². The zero-order valence-corrected chi connectivity index (χ0v) is 17.0. The fourth-order valence-electron chi connectivity index (χ4n) is 2.84. The summed E-state index contributed by atoms with van der Waals surface area (Å²) in [6, 6.07) is 10.3. The third-order valence-corrected chi connectivity index (χ3v) is 4.33. The molecule has 0 N–H and O–H groups in total. The molecular weight excluding hydrogens is 388 g/mol. The second-order valence-corrected chi connectivity index (χ2v) is 6.49. The second-order valence-electron chi connectivity index (χ2n) is 6.49. The van der Waals surface area contributed by atoms with Gasteiger partial charge in [-0.25, -0.2) is 4.79 Å². The van der Waals surface area contributed by atoms with E-state index in [1.54, 1.807) is 30.3 Å². The zero-order valence-electron chi connectivity index (χ0n) is 17.0. The molecule has 1 heterocycles. The average Bonchev–Trinajstić information content (AvgIpc) is 3.01. The summed E-state index contributed by atoms with van der Waals surface area (Å²) in [5.41, 5.74) is 1.33. The molecule has 0 aliphatic carbocycles. The predicted octanol–water partition coefficient (Wildman–Crippen LogP) is 3.69. The maximum atomic E-state index is 12.4. The van der Waals surface area contributed by atoms with Gasteiger partial charge >= 0.3 is 5.97 Å². The normalized spacial score (nSPS) is 12.9. The van der Waals surface area contributed by atoms with E-state index in [0.717, 1.165) is 12.0 Å². The number of carbonyl (C=O) groups is 2. The highest BCUT2D eigenvalue weighted by atomic mass is 16.6. The monoisotopic (exact) mass is 412 g/mol. The number of Topliss-reactive ketones (excluding diaryl/α,β-unsaturated/α-hetero) is 1. The van der Waals surface area contributed by atoms with Crippen molar-refractivity contribution in [1.82, 2.24) is 0 Å². The molecule has 0 radical (unpaired) electrons. The van der Waals surface area contributed by atoms with Crippen molar-refractivity contribution in [2.45, 2.75) is 13.3 Å². The van der Waals surface area contributed by atoms with Crippen LogP contribution in [-0.2, 0) is 9.53 Å². The minimum absolute atomic E-state index is 0.340. The molecule has 0 spiro atoms. The maximum Gasteiger partial charge on any atom is 0.344 e. The predicted molar refractivity (Wildman–Crippen MR) is 111 cm³/mol. The Morgan fingerprint density at radius 1 is 1.00 bits per heavy atom. The van der Waals surface area contributed by atoms with Crippen LogP contribution in [0.1, 0.15) is 29.3 Å². The zero-order chi connectivity index (χ0) is 21.3. The lowest BCUT2D eigenvalue weighted by Crippen LogP contribution is -2.19. The van der Waals surface area contributed by atoms with Gasteiger partial charge in [-0.2, -0.15) is 0 Å². The van der Waals surface area contributed by atoms with E-state index >= 15 is 0 Å². The number of allylic oxidation sites excluding steroid dienone is 1. The highest BCUT2D eigenvalue weighted by molar-refractivity contribution is 5.98. The van der Waals surface area contributed by atoms with Gasteiger partial charge < -0.3 is 23.7 Å². The van der Waals surface area contributed by atoms with Gasteiger partial charge in [-0.15, -0.1) is 0 Å². The van der Waals surface area contributed by atoms with Crippen molar-refractivity contribution in [2.24, 2.45) is 0 Å². The van der Waals surface area contributed by atoms with E-state index < -0.39 is 5.97 Å². The molecule has 0 atom stereocenters. The average molecular weight is 412 g/mol. The summed E-state index contributed by atoms with van der Waals surface area (Å²) in [7, 11) is 1.52. The number of ketones is 1. The van der Waals surface area contributed by atoms with Gasteiger partial charge in [-0.3, -0.25) is 4.79 Å². The summed E-state index contributed by atoms with van der Waals surface area (Å²) >= 11 is 0. The van der Waals surface area contributed by atoms with E-state index in [0.29, 0.717) is 41.8 Å². The van der Waals surface area contributed by atoms with Gasteiger partial charge in [-0.1, -0.05) is 18.2 Å². The highest BCUT2D eigenvalue weighted by Gasteiger charge is 2.16. The summed E-state index contributed by atoms with van der Waals surface area (Å²) in [6.07, 6.45) is 4.61. The van der Waals surface area contributed by atoms with Crippen molar-refractivity contribution in [2.75, 3.05) is 33.5 Å². The lowest BCUT2D eigenvalue weighted by molar-refractivity contribution is -0.144. The Kier molecular flexibility index (Phi) is 7.32. The van der Waals surface area contributed by atoms with Crippen LogP contribution < -0.4 is 18.9 Å². The fourth-order valence-corrected chi connectivity index (χ4v) is 2.84. The number of rotatable bonds is 8. The minimum atomic E-state index is -0.655. The molecule has 7 heteroatoms. The van der Waals surface area contributed by atoms with Gasteiger partial charge in [-0.05, 0) is 42.8 Å². The minimum Gasteiger partial charge on any atom is -0.493 e. The Morgan fingerprint density at radius 3 is 2.57 bits per heavy atom. The maximum absolute atomic E-state index is 12.4. The van der Waals surface area contributed by atoms with Crippen LogP contribution >= 0.6 is 0 Å². The summed E-state index contributed by atoms with van der Waals surface area (Å²) in [4.78, 5) is 24.4. The van der Waals surface area contributed by atoms with Crippen molar-refractivity contribution in [3.05, 3.63) is 53.6 Å². The molecule has 7 nitrogen and oxygen atoms in total. The number of hydrogen-bond acceptors (Lipinski definition) is 7. The molecule has 30 heavy (non-hydrogen) atoms. The van der Waals surface area contributed by atoms with Crippen LogP contribution in [0, 0.1) is 0 Å². The Bertz CT molecular complexity index is 933. The third-order valence-electron chi connectivity index (χ3n) is 4.33. The first kappa shape index (κ1) is 21.2. The molecule has 1 aliphatic rings. The van der Waals surface area contributed by atoms with E-state index in [2.05, 4.69) is 0 Å². The Hall–Kier alpha value is -3.48. The number of benzene rings is 2. The number of methoxy groups -OCH3 is 1. The van der Waals surface area contributed by atoms with E-state index in [4.69, 9.17) is 23.7 Å². The van der Waals surface area contributed by atoms with Crippen LogP contribution in [0.5, 0.6) is 23.0 Å². The smallest absolute Gasteiger partial charge is 0.344 e. The number of esters is 1. The molecule has 3 rings (SSSR count). The molecule has 0 saturated heterocycles. The largest absolute Gasteiger partial charge is 0.493 e. The molecule has 2 aromatic carbocycles. The summed E-state index contributed by atoms with van der Waals surface area (Å²) in [6.45, 7) is 2.28. The van der Waals surface area contributed by atoms with E-state index in [1.807, 2.05) is 25.1 Å². The lowest BCUT2D eigenvalue weighted by atomic mass is 10.1. The van der Waals surface area contributed by atoms with E-state index in [9.17, 15) is 9.59 Å². The SMILES string of the molecule is CC=Cc1ccc(OCC(=O)OCC(=O)c2ccc3c(c2)OCCCO3)c(OC)c1. The number of ether oxygens (including phenoxy) is 5. The Morgan fingerprint density at radius 2 is 1.80 bits per heavy atom. The first-order valence-corrected chi connectivity index (χ1v) is 9.62. The molecule has 0 unspecified atom stereocenters. The first-order chi connectivity index (χ1) is 14.6. The molecule has 1 aliphatic heterocycles. The second kappa shape index (κ2) is 10.3. The molecule has 0 amide bonds. The third kappa shape index (κ3) is 5.53. The van der Waals surface area contributed by atoms with E-state index in [1.165, 1.54) is 7.11 Å². The molecular formula is C23H24O7. The van der Waals surface area contributed by atoms with Crippen LogP contribution in [0.3, 0.4) is 0 Å². The molecule has 158 valence electrons. The Labute approximate surface area is 175 Å². The van der Waals surface area contributed by atoms with Crippen LogP contribution in [-0.4, -0.2) is 45.3 Å². The lowest BCUT2D eigenvalue weighted by Gasteiger charge is -2.11.